The summed E-state index contributed by atoms with van der Waals surface area (Å²) in [6.45, 7) is 14.6. The smallest absolute Gasteiger partial charge is 0.322 e. The van der Waals surface area contributed by atoms with Crippen LogP contribution in [0.3, 0.4) is 0 Å². The minimum Gasteiger partial charge on any atom is -0.459 e. The van der Waals surface area contributed by atoms with Gasteiger partial charge in [0, 0.05) is 12.6 Å². The Morgan fingerprint density at radius 2 is 1.66 bits per heavy atom. The standard InChI is InChI=1S/C33H45ClFN5O3Si/c1-23-20-41-22-33(6,43-44(32(3,4)5,26-14-10-8-11-15-26)27-16-12-9-13-17-27)21-40(23)30-36-29(34)37-31(38-30)42-24(2)28-18-25(35)19-39(28)7/h8-17,23-25,28H,18-22H2,1-7H3/t23?,24-,25+,28-,33?/m0/s1. The molecule has 5 rings (SSSR count). The van der Waals surface area contributed by atoms with E-state index >= 15 is 0 Å². The lowest BCUT2D eigenvalue weighted by Gasteiger charge is -2.49. The van der Waals surface area contributed by atoms with Gasteiger partial charge in [-0.25, -0.2) is 4.39 Å². The van der Waals surface area contributed by atoms with E-state index in [0.29, 0.717) is 38.7 Å². The van der Waals surface area contributed by atoms with Crippen molar-refractivity contribution in [1.82, 2.24) is 19.9 Å². The van der Waals surface area contributed by atoms with Crippen LogP contribution in [0.4, 0.5) is 10.3 Å². The monoisotopic (exact) mass is 641 g/mol. The van der Waals surface area contributed by atoms with Gasteiger partial charge in [0.05, 0.1) is 31.4 Å². The third kappa shape index (κ3) is 6.79. The molecule has 5 atom stereocenters. The number of likely N-dealkylation sites (N-methyl/N-ethyl adjacent to an activating group) is 1. The number of anilines is 1. The number of alkyl halides is 1. The molecule has 8 nitrogen and oxygen atoms in total. The predicted molar refractivity (Wildman–Crippen MR) is 176 cm³/mol. The summed E-state index contributed by atoms with van der Waals surface area (Å²) in [4.78, 5) is 17.6. The highest BCUT2D eigenvalue weighted by molar-refractivity contribution is 6.99. The molecule has 0 spiro atoms. The fourth-order valence-corrected chi connectivity index (χ4v) is 11.6. The van der Waals surface area contributed by atoms with Crippen LogP contribution in [-0.2, 0) is 9.16 Å². The Bertz CT molecular complexity index is 1360. The van der Waals surface area contributed by atoms with E-state index in [1.165, 1.54) is 10.4 Å². The number of likely N-dealkylation sites (tertiary alicyclic amines) is 1. The van der Waals surface area contributed by atoms with Gasteiger partial charge in [-0.05, 0) is 61.3 Å². The van der Waals surface area contributed by atoms with Crippen LogP contribution in [0.1, 0.15) is 48.0 Å². The minimum atomic E-state index is -2.90. The van der Waals surface area contributed by atoms with Crippen molar-refractivity contribution in [1.29, 1.82) is 0 Å². The van der Waals surface area contributed by atoms with Gasteiger partial charge in [0.15, 0.2) is 0 Å². The van der Waals surface area contributed by atoms with E-state index in [1.54, 1.807) is 0 Å². The van der Waals surface area contributed by atoms with E-state index in [-0.39, 0.29) is 34.5 Å². The van der Waals surface area contributed by atoms with Crippen molar-refractivity contribution in [2.24, 2.45) is 0 Å². The first-order chi connectivity index (χ1) is 20.8. The van der Waals surface area contributed by atoms with Crippen molar-refractivity contribution in [3.8, 4) is 6.01 Å². The van der Waals surface area contributed by atoms with Gasteiger partial charge in [0.1, 0.15) is 12.3 Å². The van der Waals surface area contributed by atoms with Gasteiger partial charge < -0.3 is 18.8 Å². The Labute approximate surface area is 267 Å². The minimum absolute atomic E-state index is 0.0346. The zero-order valence-electron chi connectivity index (χ0n) is 26.8. The summed E-state index contributed by atoms with van der Waals surface area (Å²) in [7, 11) is -0.997. The Morgan fingerprint density at radius 3 is 2.20 bits per heavy atom. The summed E-state index contributed by atoms with van der Waals surface area (Å²) in [5.41, 5.74) is -0.730. The molecule has 2 aromatic carbocycles. The van der Waals surface area contributed by atoms with Crippen molar-refractivity contribution in [3.05, 3.63) is 65.9 Å². The van der Waals surface area contributed by atoms with Crippen molar-refractivity contribution in [2.75, 3.05) is 38.3 Å². The molecule has 0 aliphatic carbocycles. The van der Waals surface area contributed by atoms with Crippen LogP contribution < -0.4 is 20.0 Å². The molecule has 0 bridgehead atoms. The van der Waals surface area contributed by atoms with Crippen LogP contribution in [0.2, 0.25) is 10.3 Å². The molecule has 2 saturated heterocycles. The number of hydrogen-bond acceptors (Lipinski definition) is 8. The maximum atomic E-state index is 14.1. The van der Waals surface area contributed by atoms with Crippen LogP contribution in [0.15, 0.2) is 60.7 Å². The number of rotatable bonds is 8. The lowest BCUT2D eigenvalue weighted by atomic mass is 10.1. The molecule has 2 unspecified atom stereocenters. The number of benzene rings is 2. The average Bonchev–Trinajstić information content (AvgIpc) is 3.24. The molecule has 2 aliphatic rings. The third-order valence-corrected chi connectivity index (χ3v) is 14.2. The Kier molecular flexibility index (Phi) is 9.68. The zero-order chi connectivity index (χ0) is 31.7. The highest BCUT2D eigenvalue weighted by Gasteiger charge is 2.54. The summed E-state index contributed by atoms with van der Waals surface area (Å²) in [5, 5.41) is 2.22. The molecule has 0 amide bonds. The van der Waals surface area contributed by atoms with Gasteiger partial charge in [0.25, 0.3) is 8.32 Å². The number of hydrogen-bond donors (Lipinski definition) is 0. The fraction of sp³-hybridized carbons (Fsp3) is 0.545. The van der Waals surface area contributed by atoms with Crippen LogP contribution in [0, 0.1) is 0 Å². The zero-order valence-corrected chi connectivity index (χ0v) is 28.6. The predicted octanol–water partition coefficient (Wildman–Crippen LogP) is 4.89. The third-order valence-electron chi connectivity index (χ3n) is 8.83. The lowest BCUT2D eigenvalue weighted by molar-refractivity contribution is -0.00222. The number of aromatic nitrogens is 3. The van der Waals surface area contributed by atoms with Gasteiger partial charge in [-0.15, -0.1) is 0 Å². The van der Waals surface area contributed by atoms with Gasteiger partial charge in [-0.3, -0.25) is 4.90 Å². The first-order valence-electron chi connectivity index (χ1n) is 15.4. The molecule has 44 heavy (non-hydrogen) atoms. The highest BCUT2D eigenvalue weighted by atomic mass is 35.5. The normalized spacial score (nSPS) is 25.9. The molecule has 3 heterocycles. The molecule has 2 fully saturated rings. The second kappa shape index (κ2) is 13.0. The van der Waals surface area contributed by atoms with Crippen molar-refractivity contribution < 1.29 is 18.3 Å². The maximum absolute atomic E-state index is 14.1. The summed E-state index contributed by atoms with van der Waals surface area (Å²) in [6, 6.07) is 21.1. The van der Waals surface area contributed by atoms with Crippen molar-refractivity contribution >= 4 is 36.2 Å². The molecule has 1 aromatic heterocycles. The van der Waals surface area contributed by atoms with Crippen LogP contribution in [-0.4, -0.2) is 91.5 Å². The number of halogens is 2. The molecule has 0 radical (unpaired) electrons. The van der Waals surface area contributed by atoms with E-state index in [2.05, 4.69) is 98.0 Å². The quantitative estimate of drug-likeness (QED) is 0.322. The van der Waals surface area contributed by atoms with E-state index in [1.807, 2.05) is 31.0 Å². The molecule has 3 aromatic rings. The van der Waals surface area contributed by atoms with Gasteiger partial charge in [-0.2, -0.15) is 15.0 Å². The van der Waals surface area contributed by atoms with E-state index in [0.717, 1.165) is 0 Å². The molecular weight excluding hydrogens is 597 g/mol. The first kappa shape index (κ1) is 32.8. The van der Waals surface area contributed by atoms with E-state index in [9.17, 15) is 4.39 Å². The average molecular weight is 642 g/mol. The summed E-state index contributed by atoms with van der Waals surface area (Å²) in [6.07, 6.45) is -0.803. The SMILES string of the molecule is CC1COCC(C)(O[Si](c2ccccc2)(c2ccccc2)C(C)(C)C)CN1c1nc(Cl)nc(O[C@@H](C)[C@@H]2C[C@@H](F)CN2C)n1. The van der Waals surface area contributed by atoms with Crippen molar-refractivity contribution in [3.63, 3.8) is 0 Å². The Hall–Kier alpha value is -2.63. The summed E-state index contributed by atoms with van der Waals surface area (Å²) >= 11 is 6.46. The molecule has 238 valence electrons. The second-order valence-corrected chi connectivity index (χ2v) is 18.1. The maximum Gasteiger partial charge on any atom is 0.322 e. The summed E-state index contributed by atoms with van der Waals surface area (Å²) in [5.74, 6) is 0.394. The Morgan fingerprint density at radius 1 is 1.05 bits per heavy atom. The Balaban J connectivity index is 1.50. The van der Waals surface area contributed by atoms with Gasteiger partial charge in [-0.1, -0.05) is 81.4 Å². The van der Waals surface area contributed by atoms with Gasteiger partial charge in [0.2, 0.25) is 11.2 Å². The van der Waals surface area contributed by atoms with Crippen LogP contribution >= 0.6 is 11.6 Å². The molecular formula is C33H45ClFN5O3Si. The molecule has 0 saturated carbocycles. The van der Waals surface area contributed by atoms with Crippen LogP contribution in [0.25, 0.3) is 0 Å². The van der Waals surface area contributed by atoms with E-state index < -0.39 is 20.1 Å². The molecule has 11 heteroatoms. The first-order valence-corrected chi connectivity index (χ1v) is 17.7. The summed E-state index contributed by atoms with van der Waals surface area (Å²) < 4.78 is 34.1. The largest absolute Gasteiger partial charge is 0.459 e. The van der Waals surface area contributed by atoms with Crippen molar-refractivity contribution in [2.45, 2.75) is 83.0 Å². The molecule has 0 N–H and O–H groups in total. The second-order valence-electron chi connectivity index (χ2n) is 13.6. The van der Waals surface area contributed by atoms with E-state index in [4.69, 9.17) is 30.5 Å². The number of ether oxygens (including phenoxy) is 2. The molecule has 2 aliphatic heterocycles. The number of nitrogens with zero attached hydrogens (tertiary/aromatic N) is 5. The highest BCUT2D eigenvalue weighted by Crippen LogP contribution is 2.40. The topological polar surface area (TPSA) is 72.8 Å². The van der Waals surface area contributed by atoms with Crippen LogP contribution in [0.5, 0.6) is 6.01 Å². The lowest BCUT2D eigenvalue weighted by Crippen LogP contribution is -2.70. The van der Waals surface area contributed by atoms with Gasteiger partial charge >= 0.3 is 6.01 Å². The fourth-order valence-electron chi connectivity index (χ4n) is 6.71.